The monoisotopic (exact) mass is 405 g/mol. The van der Waals surface area contributed by atoms with Gasteiger partial charge in [-0.1, -0.05) is 17.4 Å². The van der Waals surface area contributed by atoms with Gasteiger partial charge in [-0.05, 0) is 30.3 Å². The van der Waals surface area contributed by atoms with Gasteiger partial charge >= 0.3 is 0 Å². The number of anilines is 1. The van der Waals surface area contributed by atoms with E-state index in [9.17, 15) is 18.4 Å². The van der Waals surface area contributed by atoms with Crippen LogP contribution in [0.5, 0.6) is 0 Å². The van der Waals surface area contributed by atoms with Crippen LogP contribution in [0, 0.1) is 11.6 Å². The number of hydrogen-bond acceptors (Lipinski definition) is 4. The van der Waals surface area contributed by atoms with Gasteiger partial charge in [-0.2, -0.15) is 4.99 Å². The molecule has 9 heteroatoms. The Morgan fingerprint density at radius 3 is 2.57 bits per heavy atom. The maximum atomic E-state index is 13.9. The molecule has 6 nitrogen and oxygen atoms in total. The molecule has 28 heavy (non-hydrogen) atoms. The van der Waals surface area contributed by atoms with E-state index in [1.54, 1.807) is 29.9 Å². The van der Waals surface area contributed by atoms with Crippen molar-refractivity contribution in [3.8, 4) is 0 Å². The lowest BCUT2D eigenvalue weighted by Gasteiger charge is -2.06. The molecule has 1 aromatic heterocycles. The molecular formula is C19H17F2N3O3S. The van der Waals surface area contributed by atoms with E-state index in [-0.39, 0.29) is 10.7 Å². The number of fused-ring (bicyclic) bond motifs is 1. The summed E-state index contributed by atoms with van der Waals surface area (Å²) in [4.78, 5) is 27.9. The number of methoxy groups -OCH3 is 1. The van der Waals surface area contributed by atoms with Crippen molar-refractivity contribution < 1.29 is 23.1 Å². The molecule has 0 radical (unpaired) electrons. The fourth-order valence-corrected chi connectivity index (χ4v) is 3.78. The van der Waals surface area contributed by atoms with Crippen LogP contribution in [-0.4, -0.2) is 30.1 Å². The first-order valence-electron chi connectivity index (χ1n) is 8.33. The van der Waals surface area contributed by atoms with E-state index in [0.717, 1.165) is 22.3 Å². The number of benzene rings is 2. The van der Waals surface area contributed by atoms with Crippen LogP contribution in [0.1, 0.15) is 17.3 Å². The smallest absolute Gasteiger partial charge is 0.285 e. The molecule has 0 saturated carbocycles. The predicted octanol–water partition coefficient (Wildman–Crippen LogP) is 3.33. The van der Waals surface area contributed by atoms with Crippen LogP contribution in [0.25, 0.3) is 10.2 Å². The lowest BCUT2D eigenvalue weighted by atomic mass is 10.2. The van der Waals surface area contributed by atoms with Crippen LogP contribution >= 0.6 is 11.3 Å². The lowest BCUT2D eigenvalue weighted by Crippen LogP contribution is -2.20. The Morgan fingerprint density at radius 1 is 1.21 bits per heavy atom. The minimum absolute atomic E-state index is 0.210. The SMILES string of the molecule is COCCn1c(=NC(=O)c2c(F)cccc2F)sc2cc(NC(C)=O)ccc21. The molecule has 0 spiro atoms. The van der Waals surface area contributed by atoms with E-state index in [1.165, 1.54) is 24.3 Å². The summed E-state index contributed by atoms with van der Waals surface area (Å²) in [6.45, 7) is 2.15. The Kier molecular flexibility index (Phi) is 5.96. The highest BCUT2D eigenvalue weighted by Crippen LogP contribution is 2.22. The Bertz CT molecular complexity index is 1100. The third-order valence-electron chi connectivity index (χ3n) is 3.90. The third kappa shape index (κ3) is 4.15. The van der Waals surface area contributed by atoms with E-state index < -0.39 is 23.1 Å². The summed E-state index contributed by atoms with van der Waals surface area (Å²) in [5.74, 6) is -3.15. The number of ether oxygens (including phenoxy) is 1. The van der Waals surface area contributed by atoms with E-state index >= 15 is 0 Å². The second-order valence-electron chi connectivity index (χ2n) is 5.91. The van der Waals surface area contributed by atoms with E-state index in [2.05, 4.69) is 10.3 Å². The van der Waals surface area contributed by atoms with Gasteiger partial charge < -0.3 is 14.6 Å². The van der Waals surface area contributed by atoms with Crippen LogP contribution in [0.3, 0.4) is 0 Å². The normalized spacial score (nSPS) is 11.8. The van der Waals surface area contributed by atoms with Crippen molar-refractivity contribution in [2.75, 3.05) is 19.0 Å². The van der Waals surface area contributed by atoms with Crippen molar-refractivity contribution in [2.45, 2.75) is 13.5 Å². The minimum atomic E-state index is -1.00. The summed E-state index contributed by atoms with van der Waals surface area (Å²) in [5.41, 5.74) is 0.659. The summed E-state index contributed by atoms with van der Waals surface area (Å²) in [6.07, 6.45) is 0. The van der Waals surface area contributed by atoms with Gasteiger partial charge in [0.15, 0.2) is 4.80 Å². The second kappa shape index (κ2) is 8.41. The number of amides is 2. The molecule has 2 amide bonds. The highest BCUT2D eigenvalue weighted by molar-refractivity contribution is 7.16. The Balaban J connectivity index is 2.13. The fourth-order valence-electron chi connectivity index (χ4n) is 2.68. The molecule has 146 valence electrons. The first kappa shape index (κ1) is 19.8. The zero-order valence-corrected chi connectivity index (χ0v) is 16.0. The summed E-state index contributed by atoms with van der Waals surface area (Å²) >= 11 is 1.17. The summed E-state index contributed by atoms with van der Waals surface area (Å²) in [7, 11) is 1.54. The van der Waals surface area contributed by atoms with Crippen molar-refractivity contribution in [3.63, 3.8) is 0 Å². The van der Waals surface area contributed by atoms with Crippen LogP contribution in [0.15, 0.2) is 41.4 Å². The molecule has 0 fully saturated rings. The third-order valence-corrected chi connectivity index (χ3v) is 4.94. The fraction of sp³-hybridized carbons (Fsp3) is 0.211. The molecule has 0 saturated heterocycles. The van der Waals surface area contributed by atoms with E-state index in [1.807, 2.05) is 0 Å². The zero-order valence-electron chi connectivity index (χ0n) is 15.2. The zero-order chi connectivity index (χ0) is 20.3. The average Bonchev–Trinajstić information content (AvgIpc) is 2.95. The summed E-state index contributed by atoms with van der Waals surface area (Å²) in [6, 6.07) is 8.45. The first-order chi connectivity index (χ1) is 13.4. The number of carbonyl (C=O) groups excluding carboxylic acids is 2. The Morgan fingerprint density at radius 2 is 1.93 bits per heavy atom. The molecule has 1 N–H and O–H groups in total. The molecule has 0 aliphatic carbocycles. The molecule has 1 heterocycles. The van der Waals surface area contributed by atoms with Crippen molar-refractivity contribution in [2.24, 2.45) is 4.99 Å². The number of carbonyl (C=O) groups is 2. The quantitative estimate of drug-likeness (QED) is 0.708. The largest absolute Gasteiger partial charge is 0.383 e. The van der Waals surface area contributed by atoms with Gasteiger partial charge in [-0.25, -0.2) is 8.78 Å². The molecule has 0 atom stereocenters. The maximum Gasteiger partial charge on any atom is 0.285 e. The van der Waals surface area contributed by atoms with Gasteiger partial charge in [0.25, 0.3) is 5.91 Å². The van der Waals surface area contributed by atoms with Crippen molar-refractivity contribution >= 4 is 39.1 Å². The number of thiazole rings is 1. The van der Waals surface area contributed by atoms with Gasteiger partial charge in [-0.15, -0.1) is 0 Å². The summed E-state index contributed by atoms with van der Waals surface area (Å²) in [5, 5.41) is 2.69. The van der Waals surface area contributed by atoms with Crippen molar-refractivity contribution in [1.82, 2.24) is 4.57 Å². The molecular weight excluding hydrogens is 388 g/mol. The number of rotatable bonds is 5. The molecule has 0 bridgehead atoms. The Labute approximate surface area is 163 Å². The summed E-state index contributed by atoms with van der Waals surface area (Å²) < 4.78 is 35.4. The maximum absolute atomic E-state index is 13.9. The first-order valence-corrected chi connectivity index (χ1v) is 9.15. The van der Waals surface area contributed by atoms with Crippen molar-refractivity contribution in [3.05, 3.63) is 58.4 Å². The number of aromatic nitrogens is 1. The van der Waals surface area contributed by atoms with Gasteiger partial charge in [0, 0.05) is 26.3 Å². The Hall–Kier alpha value is -2.91. The number of halogens is 2. The molecule has 0 aliphatic rings. The number of hydrogen-bond donors (Lipinski definition) is 1. The number of nitrogens with one attached hydrogen (secondary N) is 1. The van der Waals surface area contributed by atoms with Gasteiger partial charge in [0.1, 0.15) is 17.2 Å². The second-order valence-corrected chi connectivity index (χ2v) is 6.92. The molecule has 2 aromatic carbocycles. The lowest BCUT2D eigenvalue weighted by molar-refractivity contribution is -0.114. The minimum Gasteiger partial charge on any atom is -0.383 e. The average molecular weight is 405 g/mol. The molecule has 3 rings (SSSR count). The van der Waals surface area contributed by atoms with Gasteiger partial charge in [0.2, 0.25) is 5.91 Å². The van der Waals surface area contributed by atoms with Crippen LogP contribution in [0.4, 0.5) is 14.5 Å². The van der Waals surface area contributed by atoms with Crippen LogP contribution in [0.2, 0.25) is 0 Å². The van der Waals surface area contributed by atoms with E-state index in [0.29, 0.717) is 18.8 Å². The van der Waals surface area contributed by atoms with E-state index in [4.69, 9.17) is 4.74 Å². The molecule has 0 aliphatic heterocycles. The van der Waals surface area contributed by atoms with Gasteiger partial charge in [-0.3, -0.25) is 9.59 Å². The number of nitrogens with zero attached hydrogens (tertiary/aromatic N) is 2. The highest BCUT2D eigenvalue weighted by Gasteiger charge is 2.17. The van der Waals surface area contributed by atoms with Crippen molar-refractivity contribution in [1.29, 1.82) is 0 Å². The van der Waals surface area contributed by atoms with Gasteiger partial charge in [0.05, 0.1) is 16.8 Å². The predicted molar refractivity (Wildman–Crippen MR) is 102 cm³/mol. The molecule has 0 unspecified atom stereocenters. The molecule has 3 aromatic rings. The van der Waals surface area contributed by atoms with Crippen LogP contribution in [-0.2, 0) is 16.1 Å². The standard InChI is InChI=1S/C19H17F2N3O3S/c1-11(25)22-12-6-7-15-16(10-12)28-19(24(15)8-9-27-2)23-18(26)17-13(20)4-3-5-14(17)21/h3-7,10H,8-9H2,1-2H3,(H,22,25). The highest BCUT2D eigenvalue weighted by atomic mass is 32.1. The van der Waals surface area contributed by atoms with Crippen LogP contribution < -0.4 is 10.1 Å². The topological polar surface area (TPSA) is 72.7 Å².